The fourth-order valence-corrected chi connectivity index (χ4v) is 4.37. The monoisotopic (exact) mass is 373 g/mol. The van der Waals surface area contributed by atoms with Gasteiger partial charge in [-0.1, -0.05) is 18.2 Å². The summed E-state index contributed by atoms with van der Waals surface area (Å²) in [5, 5.41) is 0. The van der Waals surface area contributed by atoms with E-state index in [2.05, 4.69) is 4.90 Å². The summed E-state index contributed by atoms with van der Waals surface area (Å²) >= 11 is 0. The number of amides is 2. The van der Waals surface area contributed by atoms with E-state index < -0.39 is 0 Å². The number of hydrogen-bond acceptors (Lipinski definition) is 3. The van der Waals surface area contributed by atoms with Crippen LogP contribution >= 0.6 is 0 Å². The molecule has 0 radical (unpaired) electrons. The molecule has 0 unspecified atom stereocenters. The minimum atomic E-state index is -0.245. The SMILES string of the molecule is CN(CC(=O)N1C[C@@H]2CC[C@H](C1)N(CC1CC1)C2=O)Cc1ccccc1F. The molecule has 1 aromatic carbocycles. The van der Waals surface area contributed by atoms with Gasteiger partial charge in [-0.15, -0.1) is 0 Å². The molecular weight excluding hydrogens is 345 g/mol. The van der Waals surface area contributed by atoms with E-state index in [0.29, 0.717) is 31.1 Å². The van der Waals surface area contributed by atoms with Crippen LogP contribution in [0, 0.1) is 17.7 Å². The summed E-state index contributed by atoms with van der Waals surface area (Å²) in [4.78, 5) is 31.4. The quantitative estimate of drug-likeness (QED) is 0.767. The molecular formula is C21H28FN3O2. The number of fused-ring (bicyclic) bond motifs is 4. The van der Waals surface area contributed by atoms with Crippen LogP contribution in [0.15, 0.2) is 24.3 Å². The molecule has 3 aliphatic heterocycles. The molecule has 0 N–H and O–H groups in total. The number of carbonyl (C=O) groups excluding carboxylic acids is 2. The molecule has 2 atom stereocenters. The third-order valence-electron chi connectivity index (χ3n) is 6.10. The number of piperidine rings is 1. The van der Waals surface area contributed by atoms with E-state index in [1.54, 1.807) is 18.2 Å². The second-order valence-electron chi connectivity index (χ2n) is 8.42. The number of rotatable bonds is 6. The van der Waals surface area contributed by atoms with E-state index >= 15 is 0 Å². The second-order valence-corrected chi connectivity index (χ2v) is 8.42. The number of hydrogen-bond donors (Lipinski definition) is 0. The van der Waals surface area contributed by atoms with Gasteiger partial charge in [0.1, 0.15) is 5.82 Å². The zero-order valence-corrected chi connectivity index (χ0v) is 15.9. The van der Waals surface area contributed by atoms with Gasteiger partial charge in [0.05, 0.1) is 12.5 Å². The van der Waals surface area contributed by atoms with Gasteiger partial charge in [-0.25, -0.2) is 4.39 Å². The van der Waals surface area contributed by atoms with Crippen LogP contribution < -0.4 is 0 Å². The van der Waals surface area contributed by atoms with Gasteiger partial charge in [0.2, 0.25) is 11.8 Å². The van der Waals surface area contributed by atoms with Crippen molar-refractivity contribution in [1.29, 1.82) is 0 Å². The van der Waals surface area contributed by atoms with Crippen LogP contribution in [0.5, 0.6) is 0 Å². The molecule has 2 bridgehead atoms. The summed E-state index contributed by atoms with van der Waals surface area (Å²) in [6.07, 6.45) is 4.34. The summed E-state index contributed by atoms with van der Waals surface area (Å²) in [7, 11) is 1.83. The molecule has 6 heteroatoms. The second kappa shape index (κ2) is 7.58. The van der Waals surface area contributed by atoms with Gasteiger partial charge in [-0.2, -0.15) is 0 Å². The molecule has 4 aliphatic rings. The predicted molar refractivity (Wildman–Crippen MR) is 100 cm³/mol. The summed E-state index contributed by atoms with van der Waals surface area (Å²) < 4.78 is 13.8. The van der Waals surface area contributed by atoms with Crippen molar-refractivity contribution in [3.8, 4) is 0 Å². The van der Waals surface area contributed by atoms with Crippen molar-refractivity contribution >= 4 is 11.8 Å². The minimum Gasteiger partial charge on any atom is -0.339 e. The fourth-order valence-electron chi connectivity index (χ4n) is 4.37. The van der Waals surface area contributed by atoms with Crippen LogP contribution in [0.3, 0.4) is 0 Å². The first kappa shape index (κ1) is 18.4. The molecule has 1 saturated carbocycles. The van der Waals surface area contributed by atoms with E-state index in [1.165, 1.54) is 18.9 Å². The van der Waals surface area contributed by atoms with E-state index in [4.69, 9.17) is 0 Å². The van der Waals surface area contributed by atoms with Gasteiger partial charge in [0.25, 0.3) is 0 Å². The molecule has 27 heavy (non-hydrogen) atoms. The molecule has 3 saturated heterocycles. The first-order valence-electron chi connectivity index (χ1n) is 10.0. The molecule has 146 valence electrons. The number of benzene rings is 1. The zero-order valence-electron chi connectivity index (χ0n) is 15.9. The molecule has 1 aromatic rings. The van der Waals surface area contributed by atoms with E-state index in [9.17, 15) is 14.0 Å². The molecule has 1 aliphatic carbocycles. The van der Waals surface area contributed by atoms with Gasteiger partial charge in [0.15, 0.2) is 0 Å². The Hall–Kier alpha value is -1.95. The lowest BCUT2D eigenvalue weighted by molar-refractivity contribution is -0.140. The van der Waals surface area contributed by atoms with Crippen molar-refractivity contribution in [2.45, 2.75) is 38.3 Å². The predicted octanol–water partition coefficient (Wildman–Crippen LogP) is 2.12. The zero-order chi connectivity index (χ0) is 19.0. The molecule has 0 aromatic heterocycles. The van der Waals surface area contributed by atoms with Gasteiger partial charge in [0, 0.05) is 37.8 Å². The van der Waals surface area contributed by atoms with Crippen LogP contribution in [0.25, 0.3) is 0 Å². The maximum absolute atomic E-state index is 13.8. The van der Waals surface area contributed by atoms with Crippen molar-refractivity contribution < 1.29 is 14.0 Å². The Balaban J connectivity index is 1.37. The maximum atomic E-state index is 13.8. The van der Waals surface area contributed by atoms with Crippen molar-refractivity contribution in [1.82, 2.24) is 14.7 Å². The lowest BCUT2D eigenvalue weighted by Crippen LogP contribution is -2.49. The smallest absolute Gasteiger partial charge is 0.236 e. The highest BCUT2D eigenvalue weighted by Gasteiger charge is 2.43. The standard InChI is InChI=1S/C21H28FN3O2/c1-23(11-16-4-2-3-5-19(16)22)14-20(26)24-12-17-8-9-18(13-24)25(21(17)27)10-15-6-7-15/h2-5,15,17-18H,6-14H2,1H3/t17-,18+/m0/s1. The van der Waals surface area contributed by atoms with E-state index in [0.717, 1.165) is 19.4 Å². The number of carbonyl (C=O) groups is 2. The first-order chi connectivity index (χ1) is 13.0. The van der Waals surface area contributed by atoms with Gasteiger partial charge in [-0.05, 0) is 44.7 Å². The third-order valence-corrected chi connectivity index (χ3v) is 6.10. The van der Waals surface area contributed by atoms with Crippen LogP contribution in [0.4, 0.5) is 4.39 Å². The topological polar surface area (TPSA) is 43.9 Å². The first-order valence-corrected chi connectivity index (χ1v) is 10.0. The highest BCUT2D eigenvalue weighted by atomic mass is 19.1. The number of likely N-dealkylation sites (N-methyl/N-ethyl adjacent to an activating group) is 1. The molecule has 2 amide bonds. The Bertz CT molecular complexity index is 721. The maximum Gasteiger partial charge on any atom is 0.236 e. The van der Waals surface area contributed by atoms with Gasteiger partial charge < -0.3 is 9.80 Å². The Morgan fingerprint density at radius 1 is 1.19 bits per heavy atom. The Labute approximate surface area is 160 Å². The fraction of sp³-hybridized carbons (Fsp3) is 0.619. The molecule has 5 nitrogen and oxygen atoms in total. The van der Waals surface area contributed by atoms with Crippen molar-refractivity contribution in [2.75, 3.05) is 33.2 Å². The van der Waals surface area contributed by atoms with Crippen LogP contribution in [0.2, 0.25) is 0 Å². The van der Waals surface area contributed by atoms with Crippen LogP contribution in [0.1, 0.15) is 31.2 Å². The normalized spacial score (nSPS) is 25.2. The van der Waals surface area contributed by atoms with Crippen molar-refractivity contribution in [3.63, 3.8) is 0 Å². The lowest BCUT2D eigenvalue weighted by Gasteiger charge is -2.36. The van der Waals surface area contributed by atoms with Gasteiger partial charge in [-0.3, -0.25) is 14.5 Å². The highest BCUT2D eigenvalue weighted by molar-refractivity contribution is 5.83. The molecule has 4 fully saturated rings. The summed E-state index contributed by atoms with van der Waals surface area (Å²) in [5.41, 5.74) is 0.592. The summed E-state index contributed by atoms with van der Waals surface area (Å²) in [5.74, 6) is 0.651. The van der Waals surface area contributed by atoms with Crippen molar-refractivity contribution in [2.24, 2.45) is 11.8 Å². The average Bonchev–Trinajstić information content (AvgIpc) is 3.47. The van der Waals surface area contributed by atoms with Crippen LogP contribution in [-0.2, 0) is 16.1 Å². The van der Waals surface area contributed by atoms with E-state index in [-0.39, 0.29) is 36.1 Å². The highest BCUT2D eigenvalue weighted by Crippen LogP contribution is 2.35. The minimum absolute atomic E-state index is 0.0341. The molecule has 0 spiro atoms. The Morgan fingerprint density at radius 3 is 2.70 bits per heavy atom. The lowest BCUT2D eigenvalue weighted by atomic mass is 9.94. The molecule has 5 rings (SSSR count). The summed E-state index contributed by atoms with van der Waals surface area (Å²) in [6, 6.07) is 6.83. The Morgan fingerprint density at radius 2 is 1.96 bits per heavy atom. The van der Waals surface area contributed by atoms with E-state index in [1.807, 2.05) is 16.8 Å². The largest absolute Gasteiger partial charge is 0.339 e. The number of halogens is 1. The third kappa shape index (κ3) is 4.15. The van der Waals surface area contributed by atoms with Gasteiger partial charge >= 0.3 is 0 Å². The average molecular weight is 373 g/mol. The number of nitrogens with zero attached hydrogens (tertiary/aromatic N) is 3. The van der Waals surface area contributed by atoms with Crippen LogP contribution in [-0.4, -0.2) is 65.8 Å². The summed E-state index contributed by atoms with van der Waals surface area (Å²) in [6.45, 7) is 2.68. The Kier molecular flexibility index (Phi) is 5.17. The molecule has 3 heterocycles. The van der Waals surface area contributed by atoms with Crippen molar-refractivity contribution in [3.05, 3.63) is 35.6 Å².